The molecule has 2 aromatic carbocycles. The normalized spacial score (nSPS) is 10.4. The Balaban J connectivity index is 2.28. The van der Waals surface area contributed by atoms with Gasteiger partial charge in [0.15, 0.2) is 11.6 Å². The number of benzene rings is 2. The molecule has 0 aliphatic rings. The van der Waals surface area contributed by atoms with Crippen molar-refractivity contribution < 1.29 is 9.13 Å². The van der Waals surface area contributed by atoms with Crippen LogP contribution >= 0.6 is 11.6 Å². The number of nitrogens with two attached hydrogens (primary N) is 1. The van der Waals surface area contributed by atoms with Gasteiger partial charge in [0.1, 0.15) is 0 Å². The molecule has 0 unspecified atom stereocenters. The summed E-state index contributed by atoms with van der Waals surface area (Å²) in [4.78, 5) is 1.85. The first-order valence-corrected chi connectivity index (χ1v) is 6.48. The SMILES string of the molecule is COc1cccc(CN(C)c2cc(Cl)ccc2N)c1F. The molecule has 0 amide bonds. The summed E-state index contributed by atoms with van der Waals surface area (Å²) in [5.41, 5.74) is 7.81. The minimum Gasteiger partial charge on any atom is -0.494 e. The van der Waals surface area contributed by atoms with Gasteiger partial charge in [-0.1, -0.05) is 23.7 Å². The minimum absolute atomic E-state index is 0.231. The van der Waals surface area contributed by atoms with E-state index in [9.17, 15) is 4.39 Å². The van der Waals surface area contributed by atoms with E-state index < -0.39 is 0 Å². The number of methoxy groups -OCH3 is 1. The highest BCUT2D eigenvalue weighted by molar-refractivity contribution is 6.31. The molecule has 20 heavy (non-hydrogen) atoms. The van der Waals surface area contributed by atoms with Crippen molar-refractivity contribution in [2.24, 2.45) is 0 Å². The molecule has 2 aromatic rings. The van der Waals surface area contributed by atoms with Crippen molar-refractivity contribution in [2.45, 2.75) is 6.54 Å². The average molecular weight is 295 g/mol. The fraction of sp³-hybridized carbons (Fsp3) is 0.200. The second kappa shape index (κ2) is 6.01. The molecule has 0 bridgehead atoms. The van der Waals surface area contributed by atoms with Crippen molar-refractivity contribution in [3.05, 3.63) is 52.8 Å². The third-order valence-corrected chi connectivity index (χ3v) is 3.31. The quantitative estimate of drug-likeness (QED) is 0.874. The molecule has 0 radical (unpaired) electrons. The Hall–Kier alpha value is -1.94. The summed E-state index contributed by atoms with van der Waals surface area (Å²) in [6.45, 7) is 0.369. The number of nitrogens with zero attached hydrogens (tertiary/aromatic N) is 1. The summed E-state index contributed by atoms with van der Waals surface area (Å²) >= 11 is 5.97. The number of rotatable bonds is 4. The Morgan fingerprint density at radius 1 is 1.30 bits per heavy atom. The van der Waals surface area contributed by atoms with E-state index in [2.05, 4.69) is 0 Å². The molecule has 0 aromatic heterocycles. The van der Waals surface area contributed by atoms with Crippen LogP contribution < -0.4 is 15.4 Å². The Morgan fingerprint density at radius 3 is 2.75 bits per heavy atom. The van der Waals surface area contributed by atoms with Crippen LogP contribution in [-0.2, 0) is 6.54 Å². The maximum absolute atomic E-state index is 14.1. The molecule has 0 aliphatic heterocycles. The van der Waals surface area contributed by atoms with Crippen LogP contribution in [0.2, 0.25) is 5.02 Å². The van der Waals surface area contributed by atoms with Gasteiger partial charge in [-0.15, -0.1) is 0 Å². The maximum Gasteiger partial charge on any atom is 0.170 e. The lowest BCUT2D eigenvalue weighted by atomic mass is 10.1. The van der Waals surface area contributed by atoms with Gasteiger partial charge in [0.25, 0.3) is 0 Å². The lowest BCUT2D eigenvalue weighted by molar-refractivity contribution is 0.384. The van der Waals surface area contributed by atoms with Crippen molar-refractivity contribution in [3.8, 4) is 5.75 Å². The van der Waals surface area contributed by atoms with Crippen LogP contribution in [0, 0.1) is 5.82 Å². The predicted molar refractivity (Wildman–Crippen MR) is 80.9 cm³/mol. The number of hydrogen-bond donors (Lipinski definition) is 1. The van der Waals surface area contributed by atoms with E-state index in [1.54, 1.807) is 36.4 Å². The van der Waals surface area contributed by atoms with Gasteiger partial charge in [0.2, 0.25) is 0 Å². The number of halogens is 2. The predicted octanol–water partition coefficient (Wildman–Crippen LogP) is 3.71. The van der Waals surface area contributed by atoms with Gasteiger partial charge in [-0.3, -0.25) is 0 Å². The molecule has 106 valence electrons. The Morgan fingerprint density at radius 2 is 2.05 bits per heavy atom. The highest BCUT2D eigenvalue weighted by atomic mass is 35.5. The van der Waals surface area contributed by atoms with Crippen molar-refractivity contribution in [2.75, 3.05) is 24.8 Å². The third-order valence-electron chi connectivity index (χ3n) is 3.07. The van der Waals surface area contributed by atoms with E-state index in [-0.39, 0.29) is 11.6 Å². The maximum atomic E-state index is 14.1. The minimum atomic E-state index is -0.359. The first-order valence-electron chi connectivity index (χ1n) is 6.10. The second-order valence-corrected chi connectivity index (χ2v) is 4.93. The number of nitrogen functional groups attached to an aromatic ring is 1. The first kappa shape index (κ1) is 14.5. The number of ether oxygens (including phenoxy) is 1. The van der Waals surface area contributed by atoms with Crippen molar-refractivity contribution in [1.82, 2.24) is 0 Å². The van der Waals surface area contributed by atoms with E-state index in [4.69, 9.17) is 22.1 Å². The monoisotopic (exact) mass is 294 g/mol. The van der Waals surface area contributed by atoms with Crippen molar-refractivity contribution in [1.29, 1.82) is 0 Å². The molecule has 0 atom stereocenters. The molecule has 2 N–H and O–H groups in total. The second-order valence-electron chi connectivity index (χ2n) is 4.49. The summed E-state index contributed by atoms with van der Waals surface area (Å²) in [5, 5.41) is 0.590. The Kier molecular flexibility index (Phi) is 4.35. The molecule has 5 heteroatoms. The van der Waals surface area contributed by atoms with E-state index in [1.807, 2.05) is 11.9 Å². The average Bonchev–Trinajstić information content (AvgIpc) is 2.43. The van der Waals surface area contributed by atoms with E-state index >= 15 is 0 Å². The molecular weight excluding hydrogens is 279 g/mol. The molecular formula is C15H16ClFN2O. The summed E-state index contributed by atoms with van der Waals surface area (Å²) in [5.74, 6) is -0.127. The Bertz CT molecular complexity index is 619. The smallest absolute Gasteiger partial charge is 0.170 e. The van der Waals surface area contributed by atoms with Crippen molar-refractivity contribution in [3.63, 3.8) is 0 Å². The fourth-order valence-electron chi connectivity index (χ4n) is 2.02. The largest absolute Gasteiger partial charge is 0.494 e. The van der Waals surface area contributed by atoms with Gasteiger partial charge in [0.05, 0.1) is 18.5 Å². The van der Waals surface area contributed by atoms with E-state index in [0.29, 0.717) is 22.8 Å². The lowest BCUT2D eigenvalue weighted by Crippen LogP contribution is -2.18. The molecule has 2 rings (SSSR count). The molecule has 0 fully saturated rings. The lowest BCUT2D eigenvalue weighted by Gasteiger charge is -2.22. The summed E-state index contributed by atoms with van der Waals surface area (Å²) in [6.07, 6.45) is 0. The third kappa shape index (κ3) is 2.96. The topological polar surface area (TPSA) is 38.5 Å². The molecule has 0 saturated heterocycles. The van der Waals surface area contributed by atoms with Gasteiger partial charge in [-0.2, -0.15) is 0 Å². The van der Waals surface area contributed by atoms with Gasteiger partial charge in [-0.25, -0.2) is 4.39 Å². The number of anilines is 2. The van der Waals surface area contributed by atoms with Gasteiger partial charge < -0.3 is 15.4 Å². The fourth-order valence-corrected chi connectivity index (χ4v) is 2.19. The van der Waals surface area contributed by atoms with E-state index in [0.717, 1.165) is 5.69 Å². The van der Waals surface area contributed by atoms with Gasteiger partial charge >= 0.3 is 0 Å². The molecule has 3 nitrogen and oxygen atoms in total. The van der Waals surface area contributed by atoms with Crippen molar-refractivity contribution >= 4 is 23.0 Å². The van der Waals surface area contributed by atoms with Gasteiger partial charge in [0, 0.05) is 24.2 Å². The number of hydrogen-bond acceptors (Lipinski definition) is 3. The van der Waals surface area contributed by atoms with Crippen LogP contribution in [-0.4, -0.2) is 14.2 Å². The zero-order valence-corrected chi connectivity index (χ0v) is 12.1. The van der Waals surface area contributed by atoms with Crippen LogP contribution in [0.1, 0.15) is 5.56 Å². The highest BCUT2D eigenvalue weighted by Crippen LogP contribution is 2.28. The summed E-state index contributed by atoms with van der Waals surface area (Å²) < 4.78 is 19.1. The van der Waals surface area contributed by atoms with Crippen LogP contribution in [0.5, 0.6) is 5.75 Å². The van der Waals surface area contributed by atoms with Crippen LogP contribution in [0.3, 0.4) is 0 Å². The zero-order valence-electron chi connectivity index (χ0n) is 11.4. The summed E-state index contributed by atoms with van der Waals surface area (Å²) in [6, 6.07) is 10.3. The summed E-state index contributed by atoms with van der Waals surface area (Å²) in [7, 11) is 3.28. The van der Waals surface area contributed by atoms with Crippen LogP contribution in [0.25, 0.3) is 0 Å². The Labute approximate surface area is 122 Å². The standard InChI is InChI=1S/C15H16ClFN2O/c1-19(13-8-11(16)6-7-12(13)18)9-10-4-3-5-14(20-2)15(10)17/h3-8H,9,18H2,1-2H3. The first-order chi connectivity index (χ1) is 9.52. The van der Waals surface area contributed by atoms with E-state index in [1.165, 1.54) is 7.11 Å². The van der Waals surface area contributed by atoms with Gasteiger partial charge in [-0.05, 0) is 24.3 Å². The molecule has 0 heterocycles. The van der Waals surface area contributed by atoms with Crippen LogP contribution in [0.15, 0.2) is 36.4 Å². The molecule has 0 aliphatic carbocycles. The highest BCUT2D eigenvalue weighted by Gasteiger charge is 2.12. The van der Waals surface area contributed by atoms with Crippen LogP contribution in [0.4, 0.5) is 15.8 Å². The molecule has 0 saturated carbocycles. The zero-order chi connectivity index (χ0) is 14.7. The molecule has 0 spiro atoms.